The van der Waals surface area contributed by atoms with Crippen LogP contribution >= 0.6 is 0 Å². The van der Waals surface area contributed by atoms with Crippen molar-refractivity contribution >= 4 is 17.6 Å². The zero-order valence-electron chi connectivity index (χ0n) is 6.79. The first kappa shape index (κ1) is 8.64. The van der Waals surface area contributed by atoms with Crippen molar-refractivity contribution in [1.82, 2.24) is 4.90 Å². The minimum atomic E-state index is -0.421. The number of likely N-dealkylation sites (tertiary alicyclic amines) is 1. The van der Waals surface area contributed by atoms with Crippen molar-refractivity contribution in [2.75, 3.05) is 6.54 Å². The standard InChI is InChI=1S/C8H9NO3/c1-5-3-7(11)9(8(5)12)4-6(2)10/h1,3-4H2,2H3. The van der Waals surface area contributed by atoms with Crippen LogP contribution in [0.2, 0.25) is 0 Å². The number of rotatable bonds is 2. The Hall–Kier alpha value is -1.45. The predicted octanol–water partition coefficient (Wildman–Crippen LogP) is -0.110. The van der Waals surface area contributed by atoms with E-state index in [0.717, 1.165) is 4.90 Å². The molecule has 1 saturated heterocycles. The van der Waals surface area contributed by atoms with Crippen molar-refractivity contribution in [3.8, 4) is 0 Å². The lowest BCUT2D eigenvalue weighted by Gasteiger charge is -2.09. The first-order chi connectivity index (χ1) is 5.52. The highest BCUT2D eigenvalue weighted by Crippen LogP contribution is 2.15. The van der Waals surface area contributed by atoms with Gasteiger partial charge in [-0.2, -0.15) is 0 Å². The SMILES string of the molecule is C=C1CC(=O)N(CC(C)=O)C1=O. The number of imide groups is 1. The summed E-state index contributed by atoms with van der Waals surface area (Å²) in [6.45, 7) is 4.63. The zero-order valence-corrected chi connectivity index (χ0v) is 6.79. The first-order valence-corrected chi connectivity index (χ1v) is 3.54. The number of carbonyl (C=O) groups excluding carboxylic acids is 3. The minimum Gasteiger partial charge on any atom is -0.298 e. The van der Waals surface area contributed by atoms with Crippen molar-refractivity contribution in [1.29, 1.82) is 0 Å². The smallest absolute Gasteiger partial charge is 0.256 e. The topological polar surface area (TPSA) is 54.5 Å². The lowest BCUT2D eigenvalue weighted by molar-refractivity contribution is -0.140. The van der Waals surface area contributed by atoms with Gasteiger partial charge in [0.2, 0.25) is 5.91 Å². The number of carbonyl (C=O) groups is 3. The minimum absolute atomic E-state index is 0.0477. The maximum Gasteiger partial charge on any atom is 0.256 e. The van der Waals surface area contributed by atoms with Crippen LogP contribution in [0, 0.1) is 0 Å². The van der Waals surface area contributed by atoms with E-state index in [-0.39, 0.29) is 30.2 Å². The molecule has 0 atom stereocenters. The maximum atomic E-state index is 11.1. The van der Waals surface area contributed by atoms with Crippen molar-refractivity contribution in [2.45, 2.75) is 13.3 Å². The van der Waals surface area contributed by atoms with Gasteiger partial charge in [0, 0.05) is 5.57 Å². The van der Waals surface area contributed by atoms with Gasteiger partial charge in [-0.3, -0.25) is 19.3 Å². The monoisotopic (exact) mass is 167 g/mol. The Morgan fingerprint density at radius 3 is 2.50 bits per heavy atom. The Labute approximate surface area is 69.8 Å². The number of hydrogen-bond acceptors (Lipinski definition) is 3. The maximum absolute atomic E-state index is 11.1. The van der Waals surface area contributed by atoms with Gasteiger partial charge in [0.05, 0.1) is 13.0 Å². The fourth-order valence-corrected chi connectivity index (χ4v) is 1.04. The van der Waals surface area contributed by atoms with Crippen molar-refractivity contribution in [3.05, 3.63) is 12.2 Å². The number of Topliss-reactive ketones (excluding diaryl/α,β-unsaturated/α-hetero) is 1. The number of hydrogen-bond donors (Lipinski definition) is 0. The Morgan fingerprint density at radius 2 is 2.17 bits per heavy atom. The third kappa shape index (κ3) is 1.42. The van der Waals surface area contributed by atoms with E-state index < -0.39 is 5.91 Å². The lowest BCUT2D eigenvalue weighted by Crippen LogP contribution is -2.33. The molecule has 1 rings (SSSR count). The molecule has 1 aliphatic rings. The highest BCUT2D eigenvalue weighted by molar-refractivity contribution is 6.14. The molecular weight excluding hydrogens is 158 g/mol. The molecule has 1 heterocycles. The van der Waals surface area contributed by atoms with E-state index in [0.29, 0.717) is 0 Å². The largest absolute Gasteiger partial charge is 0.298 e. The third-order valence-electron chi connectivity index (χ3n) is 1.59. The van der Waals surface area contributed by atoms with Crippen LogP contribution in [0.1, 0.15) is 13.3 Å². The molecule has 0 spiro atoms. The summed E-state index contributed by atoms with van der Waals surface area (Å²) in [6.07, 6.45) is 0.0477. The second-order valence-corrected chi connectivity index (χ2v) is 2.77. The van der Waals surface area contributed by atoms with Crippen molar-refractivity contribution < 1.29 is 14.4 Å². The zero-order chi connectivity index (χ0) is 9.30. The second-order valence-electron chi connectivity index (χ2n) is 2.77. The quantitative estimate of drug-likeness (QED) is 0.426. The summed E-state index contributed by atoms with van der Waals surface area (Å²) in [4.78, 5) is 33.7. The second kappa shape index (κ2) is 2.89. The van der Waals surface area contributed by atoms with E-state index in [1.165, 1.54) is 6.92 Å². The number of nitrogens with zero attached hydrogens (tertiary/aromatic N) is 1. The molecule has 0 unspecified atom stereocenters. The summed E-state index contributed by atoms with van der Waals surface area (Å²) >= 11 is 0. The summed E-state index contributed by atoms with van der Waals surface area (Å²) in [5.41, 5.74) is 0.265. The van der Waals surface area contributed by atoms with Gasteiger partial charge in [0.1, 0.15) is 5.78 Å². The van der Waals surface area contributed by atoms with E-state index in [1.54, 1.807) is 0 Å². The van der Waals surface area contributed by atoms with Gasteiger partial charge in [0.25, 0.3) is 5.91 Å². The molecule has 0 N–H and O–H groups in total. The van der Waals surface area contributed by atoms with Crippen molar-refractivity contribution in [2.24, 2.45) is 0 Å². The molecule has 1 aliphatic heterocycles. The molecule has 1 fully saturated rings. The summed E-state index contributed by atoms with van der Waals surface area (Å²) in [5.74, 6) is -0.957. The molecule has 4 nitrogen and oxygen atoms in total. The van der Waals surface area contributed by atoms with Crippen LogP contribution < -0.4 is 0 Å². The fraction of sp³-hybridized carbons (Fsp3) is 0.375. The first-order valence-electron chi connectivity index (χ1n) is 3.54. The van der Waals surface area contributed by atoms with Crippen LogP contribution in [0.4, 0.5) is 0 Å². The van der Waals surface area contributed by atoms with E-state index in [9.17, 15) is 14.4 Å². The molecule has 0 aliphatic carbocycles. The number of amides is 2. The fourth-order valence-electron chi connectivity index (χ4n) is 1.04. The molecule has 12 heavy (non-hydrogen) atoms. The normalized spacial score (nSPS) is 17.4. The highest BCUT2D eigenvalue weighted by Gasteiger charge is 2.32. The van der Waals surface area contributed by atoms with E-state index in [1.807, 2.05) is 0 Å². The van der Waals surface area contributed by atoms with Crippen LogP contribution in [0.5, 0.6) is 0 Å². The molecule has 2 amide bonds. The van der Waals surface area contributed by atoms with Gasteiger partial charge < -0.3 is 0 Å². The van der Waals surface area contributed by atoms with Gasteiger partial charge in [0.15, 0.2) is 0 Å². The van der Waals surface area contributed by atoms with Gasteiger partial charge in [-0.25, -0.2) is 0 Å². The Bertz CT molecular complexity index is 280. The number of ketones is 1. The average Bonchev–Trinajstić information content (AvgIpc) is 2.16. The van der Waals surface area contributed by atoms with Crippen LogP contribution in [0.15, 0.2) is 12.2 Å². The Morgan fingerprint density at radius 1 is 1.58 bits per heavy atom. The van der Waals surface area contributed by atoms with Crippen LogP contribution in [-0.2, 0) is 14.4 Å². The average molecular weight is 167 g/mol. The molecule has 0 aromatic rings. The highest BCUT2D eigenvalue weighted by atomic mass is 16.2. The molecule has 4 heteroatoms. The molecule has 0 aromatic carbocycles. The van der Waals surface area contributed by atoms with E-state index in [4.69, 9.17) is 0 Å². The van der Waals surface area contributed by atoms with Crippen LogP contribution in [0.25, 0.3) is 0 Å². The van der Waals surface area contributed by atoms with E-state index >= 15 is 0 Å². The molecular formula is C8H9NO3. The molecule has 0 aromatic heterocycles. The van der Waals surface area contributed by atoms with Gasteiger partial charge in [-0.05, 0) is 6.92 Å². The molecule has 0 radical (unpaired) electrons. The summed E-state index contributed by atoms with van der Waals surface area (Å²) in [7, 11) is 0. The van der Waals surface area contributed by atoms with Crippen molar-refractivity contribution in [3.63, 3.8) is 0 Å². The lowest BCUT2D eigenvalue weighted by atomic mass is 10.3. The van der Waals surface area contributed by atoms with Gasteiger partial charge in [-0.15, -0.1) is 0 Å². The van der Waals surface area contributed by atoms with E-state index in [2.05, 4.69) is 6.58 Å². The van der Waals surface area contributed by atoms with Gasteiger partial charge >= 0.3 is 0 Å². The molecule has 0 saturated carbocycles. The van der Waals surface area contributed by atoms with Crippen LogP contribution in [0.3, 0.4) is 0 Å². The summed E-state index contributed by atoms with van der Waals surface area (Å²) in [6, 6.07) is 0. The summed E-state index contributed by atoms with van der Waals surface area (Å²) in [5, 5.41) is 0. The van der Waals surface area contributed by atoms with Gasteiger partial charge in [-0.1, -0.05) is 6.58 Å². The Balaban J connectivity index is 2.77. The molecule has 0 bridgehead atoms. The predicted molar refractivity (Wildman–Crippen MR) is 41.2 cm³/mol. The molecule has 64 valence electrons. The summed E-state index contributed by atoms with van der Waals surface area (Å²) < 4.78 is 0. The Kier molecular flexibility index (Phi) is 2.08. The third-order valence-corrected chi connectivity index (χ3v) is 1.59. The van der Waals surface area contributed by atoms with Crippen LogP contribution in [-0.4, -0.2) is 29.0 Å².